The molecule has 0 fully saturated rings. The van der Waals surface area contributed by atoms with Gasteiger partial charge >= 0.3 is 0 Å². The molecule has 11 aromatic rings. The highest BCUT2D eigenvalue weighted by Crippen LogP contribution is 2.49. The van der Waals surface area contributed by atoms with E-state index >= 15 is 0 Å². The van der Waals surface area contributed by atoms with Crippen molar-refractivity contribution >= 4 is 32.3 Å². The molecule has 0 radical (unpaired) electrons. The highest BCUT2D eigenvalue weighted by atomic mass is 15.0. The average Bonchev–Trinajstić information content (AvgIpc) is 3.68. The van der Waals surface area contributed by atoms with Crippen LogP contribution in [0, 0.1) is 11.3 Å². The monoisotopic (exact) mass is 786 g/mol. The van der Waals surface area contributed by atoms with Gasteiger partial charge in [0.2, 0.25) is 0 Å². The summed E-state index contributed by atoms with van der Waals surface area (Å²) >= 11 is 0. The first-order valence-corrected chi connectivity index (χ1v) is 20.8. The van der Waals surface area contributed by atoms with Crippen molar-refractivity contribution in [2.45, 2.75) is 0 Å². The van der Waals surface area contributed by atoms with Gasteiger partial charge in [-0.25, -0.2) is 15.0 Å². The second-order valence-electron chi connectivity index (χ2n) is 15.8. The third-order valence-corrected chi connectivity index (χ3v) is 12.3. The van der Waals surface area contributed by atoms with Gasteiger partial charge in [-0.1, -0.05) is 188 Å². The van der Waals surface area contributed by atoms with Crippen molar-refractivity contribution in [1.82, 2.24) is 15.0 Å². The van der Waals surface area contributed by atoms with E-state index in [4.69, 9.17) is 15.0 Å². The Kier molecular flexibility index (Phi) is 8.19. The van der Waals surface area contributed by atoms with Crippen LogP contribution in [0.4, 0.5) is 0 Å². The maximum Gasteiger partial charge on any atom is 0.164 e. The lowest BCUT2D eigenvalue weighted by molar-refractivity contribution is 1.08. The van der Waals surface area contributed by atoms with Crippen LogP contribution in [0.5, 0.6) is 0 Å². The van der Waals surface area contributed by atoms with Crippen molar-refractivity contribution < 1.29 is 0 Å². The van der Waals surface area contributed by atoms with Crippen LogP contribution in [0.1, 0.15) is 5.56 Å². The molecule has 0 aliphatic heterocycles. The largest absolute Gasteiger partial charge is 0.208 e. The topological polar surface area (TPSA) is 62.5 Å². The van der Waals surface area contributed by atoms with Crippen molar-refractivity contribution in [2.75, 3.05) is 0 Å². The summed E-state index contributed by atoms with van der Waals surface area (Å²) in [7, 11) is 0. The smallest absolute Gasteiger partial charge is 0.164 e. The Morgan fingerprint density at radius 3 is 1.53 bits per heavy atom. The summed E-state index contributed by atoms with van der Waals surface area (Å²) in [5.74, 6) is 1.77. The van der Waals surface area contributed by atoms with Crippen LogP contribution in [0.3, 0.4) is 0 Å². The van der Waals surface area contributed by atoms with Crippen LogP contribution in [-0.4, -0.2) is 15.0 Å². The van der Waals surface area contributed by atoms with E-state index in [0.717, 1.165) is 55.5 Å². The Morgan fingerprint density at radius 2 is 0.774 bits per heavy atom. The Labute approximate surface area is 358 Å². The zero-order valence-corrected chi connectivity index (χ0v) is 33.4. The number of nitriles is 1. The van der Waals surface area contributed by atoms with Crippen LogP contribution >= 0.6 is 0 Å². The van der Waals surface area contributed by atoms with Crippen molar-refractivity contribution in [3.8, 4) is 95.9 Å². The number of benzene rings is 10. The van der Waals surface area contributed by atoms with E-state index in [0.29, 0.717) is 23.0 Å². The zero-order valence-electron chi connectivity index (χ0n) is 33.4. The zero-order chi connectivity index (χ0) is 41.1. The summed E-state index contributed by atoms with van der Waals surface area (Å²) in [4.78, 5) is 15.4. The SMILES string of the molecule is N#Cc1c(-c2cccc(-c3nc(-c4ccccc4)nc(-c4ccc5c6c(cccc46)-c4ccccc4-5)n3)c2)cccc1-c1cccc(-c2cccc3c2ccc2ccccc23)c1. The summed E-state index contributed by atoms with van der Waals surface area (Å²) in [5, 5.41) is 18.1. The number of fused-ring (bicyclic) bond motifs is 6. The Balaban J connectivity index is 0.966. The van der Waals surface area contributed by atoms with Crippen LogP contribution in [0.25, 0.3) is 122 Å². The van der Waals surface area contributed by atoms with Gasteiger partial charge in [-0.05, 0) is 95.0 Å². The van der Waals surface area contributed by atoms with Crippen LogP contribution < -0.4 is 0 Å². The molecule has 10 aromatic carbocycles. The number of aromatic nitrogens is 3. The minimum absolute atomic E-state index is 0.562. The normalized spacial score (nSPS) is 11.5. The predicted octanol–water partition coefficient (Wildman–Crippen LogP) is 14.9. The molecule has 0 atom stereocenters. The maximum absolute atomic E-state index is 10.9. The summed E-state index contributed by atoms with van der Waals surface area (Å²) in [6.45, 7) is 0. The summed E-state index contributed by atoms with van der Waals surface area (Å²) < 4.78 is 0. The lowest BCUT2D eigenvalue weighted by atomic mass is 9.89. The third-order valence-electron chi connectivity index (χ3n) is 12.3. The highest BCUT2D eigenvalue weighted by Gasteiger charge is 2.24. The third kappa shape index (κ3) is 5.72. The molecule has 1 aromatic heterocycles. The molecule has 12 rings (SSSR count). The molecule has 0 bridgehead atoms. The first-order valence-electron chi connectivity index (χ1n) is 20.8. The molecule has 4 heteroatoms. The fraction of sp³-hybridized carbons (Fsp3) is 0. The van der Waals surface area contributed by atoms with Crippen LogP contribution in [-0.2, 0) is 0 Å². The molecule has 4 nitrogen and oxygen atoms in total. The molecule has 62 heavy (non-hydrogen) atoms. The second-order valence-corrected chi connectivity index (χ2v) is 15.8. The van der Waals surface area contributed by atoms with Gasteiger partial charge in [0.05, 0.1) is 5.56 Å². The molecule has 0 unspecified atom stereocenters. The molecule has 1 aliphatic carbocycles. The number of hydrogen-bond acceptors (Lipinski definition) is 4. The fourth-order valence-corrected chi connectivity index (χ4v) is 9.47. The molecule has 1 aliphatic rings. The van der Waals surface area contributed by atoms with E-state index in [1.54, 1.807) is 0 Å². The minimum Gasteiger partial charge on any atom is -0.208 e. The molecular formula is C58H34N4. The molecule has 0 spiro atoms. The van der Waals surface area contributed by atoms with Crippen molar-refractivity contribution in [3.63, 3.8) is 0 Å². The average molecular weight is 787 g/mol. The first-order chi connectivity index (χ1) is 30.7. The quantitative estimate of drug-likeness (QED) is 0.158. The van der Waals surface area contributed by atoms with E-state index in [1.807, 2.05) is 60.7 Å². The van der Waals surface area contributed by atoms with Gasteiger partial charge in [-0.15, -0.1) is 0 Å². The van der Waals surface area contributed by atoms with Gasteiger partial charge in [0.1, 0.15) is 6.07 Å². The van der Waals surface area contributed by atoms with E-state index < -0.39 is 0 Å². The Hall–Kier alpha value is -8.52. The number of nitrogens with zero attached hydrogens (tertiary/aromatic N) is 4. The van der Waals surface area contributed by atoms with E-state index in [9.17, 15) is 5.26 Å². The minimum atomic E-state index is 0.562. The van der Waals surface area contributed by atoms with Gasteiger partial charge in [0, 0.05) is 27.8 Å². The molecule has 286 valence electrons. The summed E-state index contributed by atoms with van der Waals surface area (Å²) in [5.41, 5.74) is 14.1. The highest BCUT2D eigenvalue weighted by molar-refractivity contribution is 6.18. The van der Waals surface area contributed by atoms with Gasteiger partial charge in [-0.2, -0.15) is 5.26 Å². The molecule has 0 N–H and O–H groups in total. The predicted molar refractivity (Wildman–Crippen MR) is 254 cm³/mol. The van der Waals surface area contributed by atoms with Gasteiger partial charge in [0.25, 0.3) is 0 Å². The van der Waals surface area contributed by atoms with Crippen LogP contribution in [0.15, 0.2) is 206 Å². The molecular weight excluding hydrogens is 753 g/mol. The van der Waals surface area contributed by atoms with Crippen molar-refractivity contribution in [1.29, 1.82) is 5.26 Å². The molecule has 0 amide bonds. The summed E-state index contributed by atoms with van der Waals surface area (Å²) in [6.07, 6.45) is 0. The standard InChI is InChI=1S/C58H34N4/c59-35-54-44(39-17-8-16-38(33-39)43-23-11-26-46-42-20-5-4-13-36(42)29-30-49(43)46)24-10-25-45(54)40-18-9-19-41(34-40)57-60-56(37-14-2-1-3-15-37)61-58(62-57)53-32-31-52-48-22-7-6-21-47(48)50-27-12-28-51(53)55(50)52/h1-34H. The van der Waals surface area contributed by atoms with E-state index in [2.05, 4.69) is 152 Å². The van der Waals surface area contributed by atoms with Gasteiger partial charge < -0.3 is 0 Å². The van der Waals surface area contributed by atoms with Gasteiger partial charge in [-0.3, -0.25) is 0 Å². The first kappa shape index (κ1) is 35.4. The maximum atomic E-state index is 10.9. The molecule has 0 saturated carbocycles. The van der Waals surface area contributed by atoms with E-state index in [-0.39, 0.29) is 0 Å². The Morgan fingerprint density at radius 1 is 0.290 bits per heavy atom. The second kappa shape index (κ2) is 14.3. The number of hydrogen-bond donors (Lipinski definition) is 0. The van der Waals surface area contributed by atoms with Gasteiger partial charge in [0.15, 0.2) is 17.5 Å². The molecule has 0 saturated heterocycles. The fourth-order valence-electron chi connectivity index (χ4n) is 9.47. The lowest BCUT2D eigenvalue weighted by Crippen LogP contribution is -2.01. The molecule has 1 heterocycles. The van der Waals surface area contributed by atoms with E-state index in [1.165, 1.54) is 49.2 Å². The van der Waals surface area contributed by atoms with Crippen LogP contribution in [0.2, 0.25) is 0 Å². The summed E-state index contributed by atoms with van der Waals surface area (Å²) in [6, 6.07) is 74.4. The Bertz CT molecular complexity index is 3630. The van der Waals surface area contributed by atoms with Crippen molar-refractivity contribution in [3.05, 3.63) is 212 Å². The van der Waals surface area contributed by atoms with Crippen molar-refractivity contribution in [2.24, 2.45) is 0 Å². The number of rotatable bonds is 6. The lowest BCUT2D eigenvalue weighted by Gasteiger charge is -2.14.